The summed E-state index contributed by atoms with van der Waals surface area (Å²) < 4.78 is 5.46. The van der Waals surface area contributed by atoms with E-state index < -0.39 is 0 Å². The van der Waals surface area contributed by atoms with Crippen LogP contribution in [0, 0.1) is 5.92 Å². The van der Waals surface area contributed by atoms with Crippen molar-refractivity contribution in [2.45, 2.75) is 13.8 Å². The molecule has 0 bridgehead atoms. The molecule has 5 heteroatoms. The Hall–Kier alpha value is -0.640. The summed E-state index contributed by atoms with van der Waals surface area (Å²) in [6.45, 7) is 4.74. The molecule has 0 saturated heterocycles. The van der Waals surface area contributed by atoms with Gasteiger partial charge >= 0.3 is 0 Å². The second-order valence-corrected chi connectivity index (χ2v) is 4.32. The second kappa shape index (κ2) is 7.60. The van der Waals surface area contributed by atoms with Gasteiger partial charge in [0.2, 0.25) is 0 Å². The third-order valence-electron chi connectivity index (χ3n) is 1.62. The van der Waals surface area contributed by atoms with Gasteiger partial charge in [0.15, 0.2) is 0 Å². The molecule has 1 rings (SSSR count). The molecule has 0 atom stereocenters. The molecule has 0 radical (unpaired) electrons. The summed E-state index contributed by atoms with van der Waals surface area (Å²) in [7, 11) is 1.00. The molecule has 0 saturated carbocycles. The molecule has 92 valence electrons. The zero-order chi connectivity index (χ0) is 12.7. The van der Waals surface area contributed by atoms with Crippen LogP contribution in [0.2, 0.25) is 10.0 Å². The first-order chi connectivity index (χ1) is 7.50. The zero-order valence-electron chi connectivity index (χ0n) is 9.63. The molecule has 0 amide bonds. The predicted octanol–water partition coefficient (Wildman–Crippen LogP) is 3.22. The van der Waals surface area contributed by atoms with Crippen LogP contribution in [0.1, 0.15) is 13.8 Å². The van der Waals surface area contributed by atoms with Crippen LogP contribution < -0.4 is 10.5 Å². The molecule has 0 aliphatic rings. The van der Waals surface area contributed by atoms with Gasteiger partial charge in [-0.1, -0.05) is 37.0 Å². The largest absolute Gasteiger partial charge is 0.492 e. The summed E-state index contributed by atoms with van der Waals surface area (Å²) in [5, 5.41) is 7.94. The molecular formula is C11H17Cl2NO2. The summed E-state index contributed by atoms with van der Waals surface area (Å²) in [6.07, 6.45) is 0. The minimum absolute atomic E-state index is 0.447. The first-order valence-electron chi connectivity index (χ1n) is 4.82. The predicted molar refractivity (Wildman–Crippen MR) is 69.4 cm³/mol. The fraction of sp³-hybridized carbons (Fsp3) is 0.455. The first kappa shape index (κ1) is 15.4. The monoisotopic (exact) mass is 265 g/mol. The Bertz CT molecular complexity index is 330. The normalized spacial score (nSPS) is 9.69. The molecule has 1 aromatic carbocycles. The van der Waals surface area contributed by atoms with Gasteiger partial charge in [-0.25, -0.2) is 0 Å². The lowest BCUT2D eigenvalue weighted by molar-refractivity contribution is 0.271. The fourth-order valence-electron chi connectivity index (χ4n) is 0.912. The van der Waals surface area contributed by atoms with Gasteiger partial charge in [0.25, 0.3) is 0 Å². The lowest BCUT2D eigenvalue weighted by Gasteiger charge is -2.11. The summed E-state index contributed by atoms with van der Waals surface area (Å²) in [4.78, 5) is 0. The van der Waals surface area contributed by atoms with Gasteiger partial charge in [0, 0.05) is 13.2 Å². The average Bonchev–Trinajstić information content (AvgIpc) is 2.24. The van der Waals surface area contributed by atoms with Crippen molar-refractivity contribution in [2.75, 3.05) is 19.5 Å². The Morgan fingerprint density at radius 3 is 2.31 bits per heavy atom. The number of benzene rings is 1. The molecule has 0 aromatic heterocycles. The standard InChI is InChI=1S/C10H13Cl2NO.CH4O/c1-6(2)5-14-10-4-9(13)7(11)3-8(10)12;1-2/h3-4,6H,5,13H2,1-2H3;2H,1H3. The van der Waals surface area contributed by atoms with Crippen LogP contribution >= 0.6 is 23.2 Å². The summed E-state index contributed by atoms with van der Waals surface area (Å²) >= 11 is 11.7. The van der Waals surface area contributed by atoms with E-state index in [0.717, 1.165) is 7.11 Å². The van der Waals surface area contributed by atoms with Gasteiger partial charge in [0.1, 0.15) is 5.75 Å². The number of hydrogen-bond acceptors (Lipinski definition) is 3. The molecule has 3 N–H and O–H groups in total. The van der Waals surface area contributed by atoms with E-state index >= 15 is 0 Å². The van der Waals surface area contributed by atoms with E-state index in [1.54, 1.807) is 12.1 Å². The number of ether oxygens (including phenoxy) is 1. The van der Waals surface area contributed by atoms with Crippen molar-refractivity contribution in [3.63, 3.8) is 0 Å². The van der Waals surface area contributed by atoms with E-state index in [0.29, 0.717) is 34.0 Å². The number of rotatable bonds is 3. The number of aliphatic hydroxyl groups is 1. The van der Waals surface area contributed by atoms with Gasteiger partial charge in [-0.2, -0.15) is 0 Å². The molecule has 0 fully saturated rings. The van der Waals surface area contributed by atoms with E-state index in [4.69, 9.17) is 38.8 Å². The Labute approximate surface area is 106 Å². The average molecular weight is 266 g/mol. The van der Waals surface area contributed by atoms with Crippen molar-refractivity contribution >= 4 is 28.9 Å². The zero-order valence-corrected chi connectivity index (χ0v) is 11.1. The van der Waals surface area contributed by atoms with Gasteiger partial charge < -0.3 is 15.6 Å². The number of aliphatic hydroxyl groups excluding tert-OH is 1. The molecule has 0 aliphatic carbocycles. The molecule has 0 aliphatic heterocycles. The molecule has 3 nitrogen and oxygen atoms in total. The maximum absolute atomic E-state index is 7.00. The number of anilines is 1. The Morgan fingerprint density at radius 2 is 1.81 bits per heavy atom. The second-order valence-electron chi connectivity index (χ2n) is 3.51. The van der Waals surface area contributed by atoms with Crippen LogP contribution in [0.5, 0.6) is 5.75 Å². The van der Waals surface area contributed by atoms with Crippen molar-refractivity contribution in [3.05, 3.63) is 22.2 Å². The Kier molecular flexibility index (Phi) is 7.30. The molecule has 16 heavy (non-hydrogen) atoms. The Balaban J connectivity index is 0.00000106. The minimum atomic E-state index is 0.447. The lowest BCUT2D eigenvalue weighted by atomic mass is 10.2. The van der Waals surface area contributed by atoms with Crippen LogP contribution in [-0.2, 0) is 0 Å². The summed E-state index contributed by atoms with van der Waals surface area (Å²) in [5.74, 6) is 1.03. The molecule has 0 unspecified atom stereocenters. The highest BCUT2D eigenvalue weighted by Crippen LogP contribution is 2.32. The first-order valence-corrected chi connectivity index (χ1v) is 5.58. The van der Waals surface area contributed by atoms with Crippen LogP contribution in [0.15, 0.2) is 12.1 Å². The van der Waals surface area contributed by atoms with Crippen molar-refractivity contribution < 1.29 is 9.84 Å². The summed E-state index contributed by atoms with van der Waals surface area (Å²) in [6, 6.07) is 3.24. The van der Waals surface area contributed by atoms with Crippen molar-refractivity contribution in [1.29, 1.82) is 0 Å². The number of hydrogen-bond donors (Lipinski definition) is 2. The topological polar surface area (TPSA) is 55.5 Å². The van der Waals surface area contributed by atoms with Gasteiger partial charge in [0.05, 0.1) is 22.3 Å². The lowest BCUT2D eigenvalue weighted by Crippen LogP contribution is -2.05. The highest BCUT2D eigenvalue weighted by atomic mass is 35.5. The highest BCUT2D eigenvalue weighted by Gasteiger charge is 2.06. The van der Waals surface area contributed by atoms with E-state index in [2.05, 4.69) is 13.8 Å². The van der Waals surface area contributed by atoms with Crippen LogP contribution in [0.3, 0.4) is 0 Å². The van der Waals surface area contributed by atoms with E-state index in [1.807, 2.05) is 0 Å². The minimum Gasteiger partial charge on any atom is -0.492 e. The quantitative estimate of drug-likeness (QED) is 0.826. The van der Waals surface area contributed by atoms with Crippen LogP contribution in [0.25, 0.3) is 0 Å². The van der Waals surface area contributed by atoms with Gasteiger partial charge in [-0.05, 0) is 12.0 Å². The van der Waals surface area contributed by atoms with Gasteiger partial charge in [-0.3, -0.25) is 0 Å². The molecular weight excluding hydrogens is 249 g/mol. The van der Waals surface area contributed by atoms with E-state index in [-0.39, 0.29) is 0 Å². The van der Waals surface area contributed by atoms with Crippen molar-refractivity contribution in [3.8, 4) is 5.75 Å². The maximum atomic E-state index is 7.00. The van der Waals surface area contributed by atoms with E-state index in [9.17, 15) is 0 Å². The molecule has 0 spiro atoms. The van der Waals surface area contributed by atoms with Crippen molar-refractivity contribution in [2.24, 2.45) is 5.92 Å². The van der Waals surface area contributed by atoms with Crippen LogP contribution in [0.4, 0.5) is 5.69 Å². The van der Waals surface area contributed by atoms with Crippen LogP contribution in [-0.4, -0.2) is 18.8 Å². The highest BCUT2D eigenvalue weighted by molar-refractivity contribution is 6.37. The number of halogens is 2. The SMILES string of the molecule is CC(C)COc1cc(N)c(Cl)cc1Cl.CO. The van der Waals surface area contributed by atoms with Crippen molar-refractivity contribution in [1.82, 2.24) is 0 Å². The van der Waals surface area contributed by atoms with E-state index in [1.165, 1.54) is 0 Å². The smallest absolute Gasteiger partial charge is 0.140 e. The van der Waals surface area contributed by atoms with Gasteiger partial charge in [-0.15, -0.1) is 0 Å². The molecule has 1 aromatic rings. The Morgan fingerprint density at radius 1 is 1.25 bits per heavy atom. The maximum Gasteiger partial charge on any atom is 0.140 e. The third kappa shape index (κ3) is 4.92. The number of nitrogens with two attached hydrogens (primary N) is 1. The molecule has 0 heterocycles. The summed E-state index contributed by atoms with van der Waals surface area (Å²) in [5.41, 5.74) is 6.11. The fourth-order valence-corrected chi connectivity index (χ4v) is 1.35. The number of nitrogen functional groups attached to an aromatic ring is 1. The third-order valence-corrected chi connectivity index (χ3v) is 2.25.